The minimum absolute atomic E-state index is 0.0891. The lowest BCUT2D eigenvalue weighted by Gasteiger charge is -2.17. The topological polar surface area (TPSA) is 96.9 Å². The molecule has 0 fully saturated rings. The van der Waals surface area contributed by atoms with Crippen LogP contribution in [0.2, 0.25) is 0 Å². The van der Waals surface area contributed by atoms with Crippen molar-refractivity contribution in [2.45, 2.75) is 17.7 Å². The summed E-state index contributed by atoms with van der Waals surface area (Å²) in [5, 5.41) is 5.76. The largest absolute Gasteiger partial charge is 0.457 e. The van der Waals surface area contributed by atoms with Gasteiger partial charge in [-0.15, -0.1) is 4.40 Å². The molecule has 1 amide bonds. The molecule has 1 heterocycles. The van der Waals surface area contributed by atoms with Gasteiger partial charge in [0.15, 0.2) is 0 Å². The van der Waals surface area contributed by atoms with Crippen molar-refractivity contribution in [1.82, 2.24) is 0 Å². The molecule has 0 saturated heterocycles. The van der Waals surface area contributed by atoms with Crippen molar-refractivity contribution in [3.05, 3.63) is 78.9 Å². The lowest BCUT2D eigenvalue weighted by Crippen LogP contribution is -2.23. The van der Waals surface area contributed by atoms with Crippen LogP contribution in [0.5, 0.6) is 11.5 Å². The second kappa shape index (κ2) is 8.38. The van der Waals surface area contributed by atoms with E-state index in [1.54, 1.807) is 42.5 Å². The molecule has 30 heavy (non-hydrogen) atoms. The number of amidine groups is 1. The summed E-state index contributed by atoms with van der Waals surface area (Å²) in [6.45, 7) is 0. The van der Waals surface area contributed by atoms with Crippen molar-refractivity contribution in [2.75, 3.05) is 10.6 Å². The number of nitrogens with one attached hydrogen (secondary N) is 2. The summed E-state index contributed by atoms with van der Waals surface area (Å²) < 4.78 is 34.0. The van der Waals surface area contributed by atoms with E-state index in [1.165, 1.54) is 6.07 Å². The SMILES string of the molecule is O=C(CCC1=NS(=O)(=O)c2ccccc2N1)Nc1ccc(Oc2ccccc2)cc1. The van der Waals surface area contributed by atoms with Gasteiger partial charge in [0.05, 0.1) is 5.69 Å². The molecule has 2 N–H and O–H groups in total. The summed E-state index contributed by atoms with van der Waals surface area (Å²) in [6, 6.07) is 23.0. The second-order valence-electron chi connectivity index (χ2n) is 6.62. The molecular weight excluding hydrogens is 402 g/mol. The van der Waals surface area contributed by atoms with Gasteiger partial charge in [0.2, 0.25) is 5.91 Å². The Labute approximate surface area is 174 Å². The maximum Gasteiger partial charge on any atom is 0.286 e. The van der Waals surface area contributed by atoms with E-state index in [0.717, 1.165) is 5.75 Å². The Balaban J connectivity index is 1.33. The van der Waals surface area contributed by atoms with Gasteiger partial charge in [-0.25, -0.2) is 0 Å². The van der Waals surface area contributed by atoms with Crippen LogP contribution in [0, 0.1) is 0 Å². The van der Waals surface area contributed by atoms with E-state index in [9.17, 15) is 13.2 Å². The first-order valence-electron chi connectivity index (χ1n) is 9.32. The molecule has 3 aromatic rings. The number of hydrogen-bond acceptors (Lipinski definition) is 5. The van der Waals surface area contributed by atoms with Crippen LogP contribution >= 0.6 is 0 Å². The first kappa shape index (κ1) is 19.7. The molecule has 0 bridgehead atoms. The predicted molar refractivity (Wildman–Crippen MR) is 116 cm³/mol. The molecule has 0 aromatic heterocycles. The highest BCUT2D eigenvalue weighted by Gasteiger charge is 2.24. The molecule has 8 heteroatoms. The number of benzene rings is 3. The van der Waals surface area contributed by atoms with Crippen LogP contribution in [-0.2, 0) is 14.8 Å². The molecule has 0 atom stereocenters. The van der Waals surface area contributed by atoms with Gasteiger partial charge in [-0.3, -0.25) is 4.79 Å². The van der Waals surface area contributed by atoms with Crippen molar-refractivity contribution in [1.29, 1.82) is 0 Å². The molecule has 1 aliphatic rings. The molecule has 4 rings (SSSR count). The zero-order chi connectivity index (χ0) is 21.0. The van der Waals surface area contributed by atoms with Crippen LogP contribution in [0.4, 0.5) is 11.4 Å². The van der Waals surface area contributed by atoms with Crippen LogP contribution in [0.1, 0.15) is 12.8 Å². The van der Waals surface area contributed by atoms with E-state index in [4.69, 9.17) is 4.74 Å². The number of hydrogen-bond donors (Lipinski definition) is 2. The van der Waals surface area contributed by atoms with Crippen LogP contribution in [0.15, 0.2) is 88.2 Å². The van der Waals surface area contributed by atoms with Crippen LogP contribution in [0.3, 0.4) is 0 Å². The third kappa shape index (κ3) is 4.66. The van der Waals surface area contributed by atoms with Gasteiger partial charge in [0.25, 0.3) is 10.0 Å². The highest BCUT2D eigenvalue weighted by molar-refractivity contribution is 7.90. The zero-order valence-electron chi connectivity index (χ0n) is 15.9. The van der Waals surface area contributed by atoms with Crippen molar-refractivity contribution < 1.29 is 17.9 Å². The van der Waals surface area contributed by atoms with Crippen LogP contribution < -0.4 is 15.4 Å². The van der Waals surface area contributed by atoms with E-state index in [2.05, 4.69) is 15.0 Å². The molecule has 0 spiro atoms. The Bertz CT molecular complexity index is 1190. The number of sulfonamides is 1. The number of rotatable bonds is 6. The number of carbonyl (C=O) groups is 1. The fourth-order valence-electron chi connectivity index (χ4n) is 2.96. The summed E-state index contributed by atoms with van der Waals surface area (Å²) in [5.74, 6) is 1.39. The van der Waals surface area contributed by atoms with Gasteiger partial charge in [-0.05, 0) is 48.5 Å². The van der Waals surface area contributed by atoms with Gasteiger partial charge in [0.1, 0.15) is 22.2 Å². The Morgan fingerprint density at radius 1 is 0.900 bits per heavy atom. The summed E-state index contributed by atoms with van der Waals surface area (Å²) in [6.07, 6.45) is 0.264. The lowest BCUT2D eigenvalue weighted by atomic mass is 10.2. The standard InChI is InChI=1S/C22H19N3O4S/c26-22(15-14-21-24-19-8-4-5-9-20(19)30(27,28)25-21)23-16-10-12-18(13-11-16)29-17-6-2-1-3-7-17/h1-13H,14-15H2,(H,23,26)(H,24,25). The van der Waals surface area contributed by atoms with Gasteiger partial charge in [-0.1, -0.05) is 30.3 Å². The first-order valence-corrected chi connectivity index (χ1v) is 10.8. The molecule has 0 aliphatic carbocycles. The molecule has 7 nitrogen and oxygen atoms in total. The summed E-state index contributed by atoms with van der Waals surface area (Å²) in [7, 11) is -3.75. The van der Waals surface area contributed by atoms with Crippen molar-refractivity contribution in [3.63, 3.8) is 0 Å². The molecule has 0 radical (unpaired) electrons. The number of anilines is 2. The Morgan fingerprint density at radius 3 is 2.33 bits per heavy atom. The predicted octanol–water partition coefficient (Wildman–Crippen LogP) is 4.41. The number of ether oxygens (including phenoxy) is 1. The van der Waals surface area contributed by atoms with E-state index in [0.29, 0.717) is 17.1 Å². The lowest BCUT2D eigenvalue weighted by molar-refractivity contribution is -0.116. The van der Waals surface area contributed by atoms with E-state index in [1.807, 2.05) is 30.3 Å². The minimum atomic E-state index is -3.75. The highest BCUT2D eigenvalue weighted by Crippen LogP contribution is 2.27. The van der Waals surface area contributed by atoms with E-state index >= 15 is 0 Å². The summed E-state index contributed by atoms with van der Waals surface area (Å²) in [5.41, 5.74) is 1.09. The summed E-state index contributed by atoms with van der Waals surface area (Å²) in [4.78, 5) is 12.4. The number of carbonyl (C=O) groups excluding carboxylic acids is 1. The third-order valence-electron chi connectivity index (χ3n) is 4.38. The summed E-state index contributed by atoms with van der Waals surface area (Å²) >= 11 is 0. The van der Waals surface area contributed by atoms with E-state index in [-0.39, 0.29) is 29.5 Å². The number of para-hydroxylation sites is 2. The minimum Gasteiger partial charge on any atom is -0.457 e. The van der Waals surface area contributed by atoms with Crippen molar-refractivity contribution in [2.24, 2.45) is 4.40 Å². The molecular formula is C22H19N3O4S. The number of fused-ring (bicyclic) bond motifs is 1. The van der Waals surface area contributed by atoms with Crippen LogP contribution in [-0.4, -0.2) is 20.2 Å². The normalized spacial score (nSPS) is 14.1. The van der Waals surface area contributed by atoms with Gasteiger partial charge < -0.3 is 15.4 Å². The Hall–Kier alpha value is -3.65. The smallest absolute Gasteiger partial charge is 0.286 e. The third-order valence-corrected chi connectivity index (χ3v) is 5.75. The number of nitrogens with zero attached hydrogens (tertiary/aromatic N) is 1. The molecule has 152 valence electrons. The average molecular weight is 421 g/mol. The molecule has 3 aromatic carbocycles. The van der Waals surface area contributed by atoms with Crippen molar-refractivity contribution in [3.8, 4) is 11.5 Å². The first-order chi connectivity index (χ1) is 14.5. The van der Waals surface area contributed by atoms with Crippen molar-refractivity contribution >= 4 is 33.1 Å². The molecule has 0 saturated carbocycles. The fraction of sp³-hybridized carbons (Fsp3) is 0.0909. The fourth-order valence-corrected chi connectivity index (χ4v) is 4.13. The van der Waals surface area contributed by atoms with Gasteiger partial charge in [0, 0.05) is 18.5 Å². The van der Waals surface area contributed by atoms with Crippen LogP contribution in [0.25, 0.3) is 0 Å². The molecule has 1 aliphatic heterocycles. The Morgan fingerprint density at radius 2 is 1.57 bits per heavy atom. The zero-order valence-corrected chi connectivity index (χ0v) is 16.7. The van der Waals surface area contributed by atoms with Gasteiger partial charge in [-0.2, -0.15) is 8.42 Å². The maximum absolute atomic E-state index is 12.3. The highest BCUT2D eigenvalue weighted by atomic mass is 32.2. The van der Waals surface area contributed by atoms with Gasteiger partial charge >= 0.3 is 0 Å². The van der Waals surface area contributed by atoms with E-state index < -0.39 is 10.0 Å². The quantitative estimate of drug-likeness (QED) is 0.614. The maximum atomic E-state index is 12.3. The second-order valence-corrected chi connectivity index (χ2v) is 8.19. The average Bonchev–Trinajstić information content (AvgIpc) is 2.74. The Kier molecular flexibility index (Phi) is 5.49. The molecule has 0 unspecified atom stereocenters. The monoisotopic (exact) mass is 421 g/mol. The number of amides is 1.